The Hall–Kier alpha value is -1.07. The van der Waals surface area contributed by atoms with Crippen LogP contribution in [0.2, 0.25) is 5.02 Å². The number of rotatable bonds is 3. The number of nitro groups is 1. The highest BCUT2D eigenvalue weighted by Gasteiger charge is 2.41. The molecule has 6 heteroatoms. The first-order chi connectivity index (χ1) is 8.46. The fraction of sp³-hybridized carbons (Fsp3) is 0.417. The van der Waals surface area contributed by atoms with Crippen LogP contribution in [-0.2, 0) is 0 Å². The van der Waals surface area contributed by atoms with Gasteiger partial charge in [0.25, 0.3) is 5.69 Å². The van der Waals surface area contributed by atoms with E-state index in [-0.39, 0.29) is 22.1 Å². The number of ketones is 1. The molecule has 1 aromatic carbocycles. The van der Waals surface area contributed by atoms with Gasteiger partial charge < -0.3 is 0 Å². The third kappa shape index (κ3) is 2.24. The lowest BCUT2D eigenvalue weighted by Gasteiger charge is -2.21. The van der Waals surface area contributed by atoms with Gasteiger partial charge in [-0.1, -0.05) is 17.7 Å². The second-order valence-electron chi connectivity index (χ2n) is 4.40. The van der Waals surface area contributed by atoms with Crippen LogP contribution in [0.25, 0.3) is 0 Å². The lowest BCUT2D eigenvalue weighted by molar-refractivity contribution is -0.385. The minimum Gasteiger partial charge on any atom is -0.292 e. The second-order valence-corrected chi connectivity index (χ2v) is 6.41. The van der Waals surface area contributed by atoms with Crippen molar-refractivity contribution in [2.45, 2.75) is 24.5 Å². The van der Waals surface area contributed by atoms with Gasteiger partial charge in [-0.15, -0.1) is 11.8 Å². The smallest absolute Gasteiger partial charge is 0.281 e. The Morgan fingerprint density at radius 1 is 1.56 bits per heavy atom. The highest BCUT2D eigenvalue weighted by atomic mass is 35.5. The molecule has 0 saturated carbocycles. The first-order valence-corrected chi connectivity index (χ1v) is 6.94. The van der Waals surface area contributed by atoms with Crippen molar-refractivity contribution >= 4 is 34.8 Å². The molecular weight excluding hydrogens is 274 g/mol. The number of hydrogen-bond acceptors (Lipinski definition) is 4. The minimum atomic E-state index is -0.588. The van der Waals surface area contributed by atoms with Gasteiger partial charge in [-0.3, -0.25) is 14.9 Å². The molecule has 0 spiro atoms. The van der Waals surface area contributed by atoms with Crippen LogP contribution in [0.3, 0.4) is 0 Å². The Kier molecular flexibility index (Phi) is 3.64. The van der Waals surface area contributed by atoms with Gasteiger partial charge >= 0.3 is 0 Å². The van der Waals surface area contributed by atoms with Crippen LogP contribution >= 0.6 is 23.4 Å². The standard InChI is InChI=1S/C12H12ClNO3S/c1-12(6-3-7-18-12)11(15)10-8(13)4-2-5-9(10)14(16)17/h2,4-5H,3,6-7H2,1H3. The Morgan fingerprint density at radius 3 is 2.83 bits per heavy atom. The molecule has 96 valence electrons. The van der Waals surface area contributed by atoms with Crippen molar-refractivity contribution in [1.82, 2.24) is 0 Å². The summed E-state index contributed by atoms with van der Waals surface area (Å²) in [5, 5.41) is 11.1. The van der Waals surface area contributed by atoms with Crippen molar-refractivity contribution in [3.63, 3.8) is 0 Å². The minimum absolute atomic E-state index is 0.0427. The molecule has 1 fully saturated rings. The highest BCUT2D eigenvalue weighted by molar-refractivity contribution is 8.01. The van der Waals surface area contributed by atoms with Crippen LogP contribution < -0.4 is 0 Å². The summed E-state index contributed by atoms with van der Waals surface area (Å²) in [6, 6.07) is 4.33. The van der Waals surface area contributed by atoms with Crippen LogP contribution in [0.1, 0.15) is 30.1 Å². The number of thioether (sulfide) groups is 1. The normalized spacial score (nSPS) is 23.0. The summed E-state index contributed by atoms with van der Waals surface area (Å²) in [6.07, 6.45) is 1.68. The van der Waals surface area contributed by atoms with E-state index in [2.05, 4.69) is 0 Å². The van der Waals surface area contributed by atoms with Crippen LogP contribution in [0.4, 0.5) is 5.69 Å². The van der Waals surface area contributed by atoms with E-state index in [1.165, 1.54) is 18.2 Å². The SMILES string of the molecule is CC1(C(=O)c2c(Cl)cccc2[N+](=O)[O-])CCCS1. The Balaban J connectivity index is 2.50. The summed E-state index contributed by atoms with van der Waals surface area (Å²) in [7, 11) is 0. The van der Waals surface area contributed by atoms with Crippen molar-refractivity contribution in [2.75, 3.05) is 5.75 Å². The van der Waals surface area contributed by atoms with Gasteiger partial charge in [-0.25, -0.2) is 0 Å². The number of carbonyl (C=O) groups excluding carboxylic acids is 1. The molecule has 4 nitrogen and oxygen atoms in total. The maximum Gasteiger partial charge on any atom is 0.281 e. The molecule has 0 bridgehead atoms. The summed E-state index contributed by atoms with van der Waals surface area (Å²) in [5.74, 6) is 0.669. The zero-order chi connectivity index (χ0) is 13.3. The third-order valence-corrected chi connectivity index (χ3v) is 4.95. The van der Waals surface area contributed by atoms with Crippen molar-refractivity contribution < 1.29 is 9.72 Å². The van der Waals surface area contributed by atoms with E-state index in [0.717, 1.165) is 18.6 Å². The van der Waals surface area contributed by atoms with E-state index in [4.69, 9.17) is 11.6 Å². The number of Topliss-reactive ketones (excluding diaryl/α,β-unsaturated/α-hetero) is 1. The number of halogens is 1. The molecule has 1 heterocycles. The molecule has 1 saturated heterocycles. The molecule has 0 radical (unpaired) electrons. The van der Waals surface area contributed by atoms with Crippen LogP contribution in [0.15, 0.2) is 18.2 Å². The molecular formula is C12H12ClNO3S. The van der Waals surface area contributed by atoms with Crippen LogP contribution in [0.5, 0.6) is 0 Å². The lowest BCUT2D eigenvalue weighted by Crippen LogP contribution is -2.29. The van der Waals surface area contributed by atoms with Gasteiger partial charge in [-0.05, 0) is 31.6 Å². The van der Waals surface area contributed by atoms with E-state index in [1.807, 2.05) is 6.92 Å². The number of carbonyl (C=O) groups is 1. The molecule has 2 rings (SSSR count). The number of benzene rings is 1. The maximum absolute atomic E-state index is 12.5. The summed E-state index contributed by atoms with van der Waals surface area (Å²) >= 11 is 7.52. The first-order valence-electron chi connectivity index (χ1n) is 5.57. The molecule has 1 atom stereocenters. The molecule has 18 heavy (non-hydrogen) atoms. The van der Waals surface area contributed by atoms with E-state index in [1.54, 1.807) is 11.8 Å². The Labute approximate surface area is 114 Å². The van der Waals surface area contributed by atoms with Gasteiger partial charge in [0, 0.05) is 6.07 Å². The average molecular weight is 286 g/mol. The van der Waals surface area contributed by atoms with Gasteiger partial charge in [0.2, 0.25) is 0 Å². The molecule has 0 N–H and O–H groups in total. The van der Waals surface area contributed by atoms with E-state index in [9.17, 15) is 14.9 Å². The third-order valence-electron chi connectivity index (χ3n) is 3.11. The van der Waals surface area contributed by atoms with Crippen LogP contribution in [-0.4, -0.2) is 21.2 Å². The fourth-order valence-electron chi connectivity index (χ4n) is 2.11. The number of nitro benzene ring substituents is 1. The first kappa shape index (κ1) is 13.4. The van der Waals surface area contributed by atoms with Gasteiger partial charge in [-0.2, -0.15) is 0 Å². The zero-order valence-electron chi connectivity index (χ0n) is 9.81. The van der Waals surface area contributed by atoms with Crippen molar-refractivity contribution in [3.05, 3.63) is 38.9 Å². The van der Waals surface area contributed by atoms with E-state index in [0.29, 0.717) is 0 Å². The topological polar surface area (TPSA) is 60.2 Å². The predicted octanol–water partition coefficient (Wildman–Crippen LogP) is 3.72. The van der Waals surface area contributed by atoms with E-state index < -0.39 is 9.67 Å². The predicted molar refractivity (Wildman–Crippen MR) is 72.5 cm³/mol. The maximum atomic E-state index is 12.5. The summed E-state index contributed by atoms with van der Waals surface area (Å²) < 4.78 is -0.588. The number of nitrogens with zero attached hydrogens (tertiary/aromatic N) is 1. The van der Waals surface area contributed by atoms with Crippen molar-refractivity contribution in [1.29, 1.82) is 0 Å². The van der Waals surface area contributed by atoms with Crippen molar-refractivity contribution in [3.8, 4) is 0 Å². The zero-order valence-corrected chi connectivity index (χ0v) is 11.4. The van der Waals surface area contributed by atoms with Gasteiger partial charge in [0.15, 0.2) is 5.78 Å². The largest absolute Gasteiger partial charge is 0.292 e. The molecule has 0 amide bonds. The Bertz CT molecular complexity index is 512. The second kappa shape index (κ2) is 4.90. The highest BCUT2D eigenvalue weighted by Crippen LogP contribution is 2.42. The summed E-state index contributed by atoms with van der Waals surface area (Å²) in [5.41, 5.74) is -0.165. The van der Waals surface area contributed by atoms with Crippen LogP contribution in [0, 0.1) is 10.1 Å². The summed E-state index contributed by atoms with van der Waals surface area (Å²) in [4.78, 5) is 22.9. The Morgan fingerprint density at radius 2 is 2.28 bits per heavy atom. The van der Waals surface area contributed by atoms with E-state index >= 15 is 0 Å². The lowest BCUT2D eigenvalue weighted by atomic mass is 9.93. The quantitative estimate of drug-likeness (QED) is 0.482. The average Bonchev–Trinajstić information content (AvgIpc) is 2.76. The molecule has 0 aliphatic carbocycles. The van der Waals surface area contributed by atoms with Gasteiger partial charge in [0.05, 0.1) is 14.7 Å². The van der Waals surface area contributed by atoms with Gasteiger partial charge in [0.1, 0.15) is 5.56 Å². The van der Waals surface area contributed by atoms with Crippen molar-refractivity contribution in [2.24, 2.45) is 0 Å². The monoisotopic (exact) mass is 285 g/mol. The number of hydrogen-bond donors (Lipinski definition) is 0. The molecule has 1 aromatic rings. The summed E-state index contributed by atoms with van der Waals surface area (Å²) in [6.45, 7) is 1.83. The fourth-order valence-corrected chi connectivity index (χ4v) is 3.63. The molecule has 1 aliphatic heterocycles. The molecule has 1 unspecified atom stereocenters. The molecule has 1 aliphatic rings. The molecule has 0 aromatic heterocycles.